The quantitative estimate of drug-likeness (QED) is 0.544. The number of aliphatic hydroxyl groups is 2. The second kappa shape index (κ2) is 1.99. The van der Waals surface area contributed by atoms with Gasteiger partial charge in [0, 0.05) is 0 Å². The van der Waals surface area contributed by atoms with Crippen molar-refractivity contribution in [3.05, 3.63) is 0 Å². The fourth-order valence-corrected chi connectivity index (χ4v) is 3.08. The Morgan fingerprint density at radius 3 is 1.55 bits per heavy atom. The Balaban J connectivity index is 2.31. The molecule has 2 aliphatic carbocycles. The van der Waals surface area contributed by atoms with Gasteiger partial charge in [0.05, 0.1) is 12.2 Å². The first-order valence-electron chi connectivity index (χ1n) is 4.41. The van der Waals surface area contributed by atoms with Crippen molar-refractivity contribution in [2.75, 3.05) is 0 Å². The molecule has 0 aromatic rings. The van der Waals surface area contributed by atoms with E-state index in [4.69, 9.17) is 0 Å². The van der Waals surface area contributed by atoms with Crippen LogP contribution in [0.5, 0.6) is 0 Å². The van der Waals surface area contributed by atoms with Crippen LogP contribution in [0.2, 0.25) is 0 Å². The number of fused-ring (bicyclic) bond motifs is 2. The molecule has 0 aromatic carbocycles. The molecule has 2 rings (SSSR count). The summed E-state index contributed by atoms with van der Waals surface area (Å²) in [6.07, 6.45) is 1.28. The van der Waals surface area contributed by atoms with E-state index in [-0.39, 0.29) is 5.41 Å². The maximum Gasteiger partial charge on any atom is 0.0835 e. The third-order valence-electron chi connectivity index (χ3n) is 3.87. The summed E-state index contributed by atoms with van der Waals surface area (Å²) in [7, 11) is 0. The summed E-state index contributed by atoms with van der Waals surface area (Å²) >= 11 is 0. The van der Waals surface area contributed by atoms with Crippen molar-refractivity contribution in [3.8, 4) is 0 Å². The van der Waals surface area contributed by atoms with Crippen LogP contribution in [0.3, 0.4) is 0 Å². The first kappa shape index (κ1) is 7.56. The standard InChI is InChI=1S/C9H16O2/c1-9(2)5-3-4-6(9)8(11)7(5)10/h5-8,10-11H,3-4H2,1-2H3. The molecule has 0 saturated heterocycles. The Morgan fingerprint density at radius 2 is 1.36 bits per heavy atom. The molecule has 11 heavy (non-hydrogen) atoms. The number of hydrogen-bond donors (Lipinski definition) is 2. The van der Waals surface area contributed by atoms with Crippen molar-refractivity contribution in [1.29, 1.82) is 0 Å². The first-order valence-corrected chi connectivity index (χ1v) is 4.41. The topological polar surface area (TPSA) is 40.5 Å². The summed E-state index contributed by atoms with van der Waals surface area (Å²) in [6.45, 7) is 4.32. The largest absolute Gasteiger partial charge is 0.390 e. The fourth-order valence-electron chi connectivity index (χ4n) is 3.08. The van der Waals surface area contributed by atoms with E-state index in [1.807, 2.05) is 0 Å². The molecule has 0 radical (unpaired) electrons. The summed E-state index contributed by atoms with van der Waals surface area (Å²) in [4.78, 5) is 0. The predicted molar refractivity (Wildman–Crippen MR) is 42.0 cm³/mol. The smallest absolute Gasteiger partial charge is 0.0835 e. The zero-order chi connectivity index (χ0) is 8.22. The molecule has 4 atom stereocenters. The van der Waals surface area contributed by atoms with Crippen LogP contribution in [-0.4, -0.2) is 22.4 Å². The Hall–Kier alpha value is -0.0800. The van der Waals surface area contributed by atoms with E-state index in [0.29, 0.717) is 11.8 Å². The van der Waals surface area contributed by atoms with Gasteiger partial charge in [-0.2, -0.15) is 0 Å². The molecule has 0 aliphatic heterocycles. The molecule has 2 aliphatic rings. The third-order valence-corrected chi connectivity index (χ3v) is 3.87. The number of aliphatic hydroxyl groups excluding tert-OH is 2. The number of hydrogen-bond acceptors (Lipinski definition) is 2. The van der Waals surface area contributed by atoms with Gasteiger partial charge in [0.1, 0.15) is 0 Å². The lowest BCUT2D eigenvalue weighted by molar-refractivity contribution is -0.0160. The van der Waals surface area contributed by atoms with Crippen LogP contribution in [0.1, 0.15) is 26.7 Å². The van der Waals surface area contributed by atoms with E-state index in [2.05, 4.69) is 13.8 Å². The zero-order valence-corrected chi connectivity index (χ0v) is 7.12. The average Bonchev–Trinajstić information content (AvgIpc) is 2.27. The second-order valence-electron chi connectivity index (χ2n) is 4.59. The number of rotatable bonds is 0. The highest BCUT2D eigenvalue weighted by molar-refractivity contribution is 5.07. The lowest BCUT2D eigenvalue weighted by atomic mass is 9.82. The highest BCUT2D eigenvalue weighted by atomic mass is 16.3. The zero-order valence-electron chi connectivity index (χ0n) is 7.12. The highest BCUT2D eigenvalue weighted by Crippen LogP contribution is 2.57. The van der Waals surface area contributed by atoms with Crippen LogP contribution in [0.25, 0.3) is 0 Å². The van der Waals surface area contributed by atoms with Crippen LogP contribution in [0, 0.1) is 17.3 Å². The third kappa shape index (κ3) is 0.744. The molecule has 0 aromatic heterocycles. The van der Waals surface area contributed by atoms with Gasteiger partial charge in [0.25, 0.3) is 0 Å². The Labute approximate surface area is 67.2 Å². The molecular formula is C9H16O2. The highest BCUT2D eigenvalue weighted by Gasteiger charge is 2.58. The second-order valence-corrected chi connectivity index (χ2v) is 4.59. The minimum atomic E-state index is -0.455. The van der Waals surface area contributed by atoms with Crippen LogP contribution >= 0.6 is 0 Å². The van der Waals surface area contributed by atoms with Gasteiger partial charge >= 0.3 is 0 Å². The van der Waals surface area contributed by atoms with Gasteiger partial charge in [0.2, 0.25) is 0 Å². The summed E-state index contributed by atoms with van der Waals surface area (Å²) in [5.74, 6) is 0.671. The Kier molecular flexibility index (Phi) is 1.37. The average molecular weight is 156 g/mol. The van der Waals surface area contributed by atoms with Crippen molar-refractivity contribution in [2.45, 2.75) is 38.9 Å². The van der Waals surface area contributed by atoms with Crippen molar-refractivity contribution < 1.29 is 10.2 Å². The molecule has 2 saturated carbocycles. The van der Waals surface area contributed by atoms with Crippen LogP contribution in [-0.2, 0) is 0 Å². The van der Waals surface area contributed by atoms with E-state index in [1.165, 1.54) is 0 Å². The predicted octanol–water partition coefficient (Wildman–Crippen LogP) is 0.774. The SMILES string of the molecule is CC1(C)C2CCC1C(O)C2O. The van der Waals surface area contributed by atoms with Gasteiger partial charge in [-0.1, -0.05) is 13.8 Å². The summed E-state index contributed by atoms with van der Waals surface area (Å²) in [5.41, 5.74) is 0.166. The summed E-state index contributed by atoms with van der Waals surface area (Å²) < 4.78 is 0. The Morgan fingerprint density at radius 1 is 1.00 bits per heavy atom. The maximum atomic E-state index is 9.57. The van der Waals surface area contributed by atoms with E-state index in [0.717, 1.165) is 12.8 Å². The van der Waals surface area contributed by atoms with E-state index in [9.17, 15) is 10.2 Å². The molecule has 2 heteroatoms. The van der Waals surface area contributed by atoms with Crippen LogP contribution in [0.4, 0.5) is 0 Å². The summed E-state index contributed by atoms with van der Waals surface area (Å²) in [6, 6.07) is 0. The lowest BCUT2D eigenvalue weighted by Crippen LogP contribution is -2.31. The molecule has 64 valence electrons. The van der Waals surface area contributed by atoms with Crippen LogP contribution in [0.15, 0.2) is 0 Å². The van der Waals surface area contributed by atoms with E-state index >= 15 is 0 Å². The van der Waals surface area contributed by atoms with E-state index < -0.39 is 12.2 Å². The van der Waals surface area contributed by atoms with Crippen molar-refractivity contribution in [2.24, 2.45) is 17.3 Å². The molecule has 0 amide bonds. The lowest BCUT2D eigenvalue weighted by Gasteiger charge is -2.23. The summed E-state index contributed by atoms with van der Waals surface area (Å²) in [5, 5.41) is 19.1. The maximum absolute atomic E-state index is 9.57. The van der Waals surface area contributed by atoms with Gasteiger partial charge in [-0.25, -0.2) is 0 Å². The monoisotopic (exact) mass is 156 g/mol. The molecule has 4 unspecified atom stereocenters. The molecule has 0 heterocycles. The Bertz CT molecular complexity index is 158. The minimum absolute atomic E-state index is 0.166. The molecule has 0 spiro atoms. The van der Waals surface area contributed by atoms with Gasteiger partial charge in [-0.05, 0) is 30.1 Å². The normalized spacial score (nSPS) is 53.5. The van der Waals surface area contributed by atoms with Crippen molar-refractivity contribution in [1.82, 2.24) is 0 Å². The van der Waals surface area contributed by atoms with Gasteiger partial charge in [-0.3, -0.25) is 0 Å². The van der Waals surface area contributed by atoms with Crippen molar-refractivity contribution in [3.63, 3.8) is 0 Å². The van der Waals surface area contributed by atoms with E-state index in [1.54, 1.807) is 0 Å². The first-order chi connectivity index (χ1) is 5.05. The van der Waals surface area contributed by atoms with Gasteiger partial charge in [-0.15, -0.1) is 0 Å². The fraction of sp³-hybridized carbons (Fsp3) is 1.00. The van der Waals surface area contributed by atoms with Crippen molar-refractivity contribution >= 4 is 0 Å². The molecule has 2 fully saturated rings. The molecule has 2 nitrogen and oxygen atoms in total. The van der Waals surface area contributed by atoms with Crippen LogP contribution < -0.4 is 0 Å². The molecular weight excluding hydrogens is 140 g/mol. The minimum Gasteiger partial charge on any atom is -0.390 e. The molecule has 2 N–H and O–H groups in total. The van der Waals surface area contributed by atoms with Gasteiger partial charge in [0.15, 0.2) is 0 Å². The molecule has 2 bridgehead atoms. The van der Waals surface area contributed by atoms with Gasteiger partial charge < -0.3 is 10.2 Å².